The summed E-state index contributed by atoms with van der Waals surface area (Å²) < 4.78 is 5.39. The maximum Gasteiger partial charge on any atom is 0.145 e. The van der Waals surface area contributed by atoms with E-state index in [1.165, 1.54) is 0 Å². The molecule has 2 rings (SSSR count). The molecule has 2 heterocycles. The number of methoxy groups -OCH3 is 1. The minimum absolute atomic E-state index is 0.109. The van der Waals surface area contributed by atoms with Crippen LogP contribution in [-0.2, 0) is 10.2 Å². The normalized spacial score (nSPS) is 19.8. The van der Waals surface area contributed by atoms with E-state index in [0.29, 0.717) is 5.82 Å². The van der Waals surface area contributed by atoms with Crippen molar-refractivity contribution in [3.8, 4) is 0 Å². The molecule has 1 aliphatic rings. The van der Waals surface area contributed by atoms with Crippen LogP contribution >= 0.6 is 0 Å². The fraction of sp³-hybridized carbons (Fsp3) is 0.692. The minimum atomic E-state index is -0.109. The number of nitrogen functional groups attached to an aromatic ring is 1. The zero-order chi connectivity index (χ0) is 14.0. The molecule has 0 saturated carbocycles. The summed E-state index contributed by atoms with van der Waals surface area (Å²) in [6, 6.07) is 1.88. The summed E-state index contributed by atoms with van der Waals surface area (Å²) >= 11 is 0. The molecule has 0 aromatic carbocycles. The van der Waals surface area contributed by atoms with Crippen molar-refractivity contribution in [1.29, 1.82) is 0 Å². The van der Waals surface area contributed by atoms with E-state index in [0.717, 1.165) is 31.2 Å². The molecular formula is C13H23N5O. The molecule has 1 aromatic rings. The minimum Gasteiger partial charge on any atom is -0.380 e. The molecule has 0 amide bonds. The van der Waals surface area contributed by atoms with Crippen LogP contribution in [0.4, 0.5) is 11.6 Å². The Labute approximate surface area is 114 Å². The molecule has 19 heavy (non-hydrogen) atoms. The van der Waals surface area contributed by atoms with Crippen molar-refractivity contribution in [3.63, 3.8) is 0 Å². The van der Waals surface area contributed by atoms with Crippen LogP contribution in [0.25, 0.3) is 0 Å². The number of anilines is 2. The van der Waals surface area contributed by atoms with E-state index in [9.17, 15) is 0 Å². The van der Waals surface area contributed by atoms with Gasteiger partial charge >= 0.3 is 0 Å². The second kappa shape index (κ2) is 5.30. The number of nitrogens with two attached hydrogens (primary N) is 1. The molecule has 1 atom stereocenters. The van der Waals surface area contributed by atoms with Gasteiger partial charge in [0, 0.05) is 31.7 Å². The predicted octanol–water partition coefficient (Wildman–Crippen LogP) is 1.28. The molecule has 106 valence electrons. The Morgan fingerprint density at radius 3 is 2.68 bits per heavy atom. The quantitative estimate of drug-likeness (QED) is 0.633. The number of nitrogens with one attached hydrogen (secondary N) is 1. The summed E-state index contributed by atoms with van der Waals surface area (Å²) in [4.78, 5) is 11.3. The first-order valence-electron chi connectivity index (χ1n) is 6.58. The molecular weight excluding hydrogens is 242 g/mol. The number of hydrogen-bond acceptors (Lipinski definition) is 6. The van der Waals surface area contributed by atoms with Crippen LogP contribution in [0.1, 0.15) is 33.0 Å². The molecule has 1 unspecified atom stereocenters. The Bertz CT molecular complexity index is 443. The van der Waals surface area contributed by atoms with Crippen LogP contribution in [0, 0.1) is 0 Å². The molecule has 1 saturated heterocycles. The van der Waals surface area contributed by atoms with Crippen molar-refractivity contribution >= 4 is 11.6 Å². The average Bonchev–Trinajstić information content (AvgIpc) is 2.86. The Kier molecular flexibility index (Phi) is 3.91. The van der Waals surface area contributed by atoms with E-state index < -0.39 is 0 Å². The molecule has 0 spiro atoms. The SMILES string of the molecule is COC1CCN(c2cc(NN)nc(C(C)(C)C)n2)C1. The van der Waals surface area contributed by atoms with Crippen LogP contribution in [0.5, 0.6) is 0 Å². The molecule has 6 heteroatoms. The van der Waals surface area contributed by atoms with Crippen LogP contribution < -0.4 is 16.2 Å². The lowest BCUT2D eigenvalue weighted by molar-refractivity contribution is 0.121. The molecule has 6 nitrogen and oxygen atoms in total. The van der Waals surface area contributed by atoms with Gasteiger partial charge in [-0.25, -0.2) is 15.8 Å². The molecule has 1 fully saturated rings. The maximum atomic E-state index is 5.50. The van der Waals surface area contributed by atoms with Gasteiger partial charge < -0.3 is 15.1 Å². The van der Waals surface area contributed by atoms with Gasteiger partial charge in [0.2, 0.25) is 0 Å². The fourth-order valence-corrected chi connectivity index (χ4v) is 2.13. The Morgan fingerprint density at radius 2 is 2.16 bits per heavy atom. The van der Waals surface area contributed by atoms with Crippen molar-refractivity contribution in [3.05, 3.63) is 11.9 Å². The molecule has 0 aliphatic carbocycles. The lowest BCUT2D eigenvalue weighted by Crippen LogP contribution is -2.26. The zero-order valence-electron chi connectivity index (χ0n) is 12.1. The summed E-state index contributed by atoms with van der Waals surface area (Å²) in [5.41, 5.74) is 2.51. The number of rotatable bonds is 3. The van der Waals surface area contributed by atoms with Crippen LogP contribution in [-0.4, -0.2) is 36.3 Å². The Morgan fingerprint density at radius 1 is 1.42 bits per heavy atom. The van der Waals surface area contributed by atoms with Crippen LogP contribution in [0.2, 0.25) is 0 Å². The first-order valence-corrected chi connectivity index (χ1v) is 6.58. The highest BCUT2D eigenvalue weighted by molar-refractivity contribution is 5.50. The molecule has 0 bridgehead atoms. The molecule has 3 N–H and O–H groups in total. The van der Waals surface area contributed by atoms with Crippen molar-refractivity contribution in [2.45, 2.75) is 38.7 Å². The van der Waals surface area contributed by atoms with Gasteiger partial charge in [-0.2, -0.15) is 0 Å². The van der Waals surface area contributed by atoms with Gasteiger partial charge in [0.25, 0.3) is 0 Å². The zero-order valence-corrected chi connectivity index (χ0v) is 12.1. The van der Waals surface area contributed by atoms with Gasteiger partial charge in [-0.1, -0.05) is 20.8 Å². The largest absolute Gasteiger partial charge is 0.380 e. The number of hydrogen-bond donors (Lipinski definition) is 2. The number of hydrazine groups is 1. The third-order valence-electron chi connectivity index (χ3n) is 3.33. The van der Waals surface area contributed by atoms with Gasteiger partial charge in [0.1, 0.15) is 17.5 Å². The summed E-state index contributed by atoms with van der Waals surface area (Å²) in [7, 11) is 1.75. The highest BCUT2D eigenvalue weighted by Crippen LogP contribution is 2.26. The van der Waals surface area contributed by atoms with E-state index in [1.54, 1.807) is 7.11 Å². The smallest absolute Gasteiger partial charge is 0.145 e. The topological polar surface area (TPSA) is 76.3 Å². The van der Waals surface area contributed by atoms with E-state index in [-0.39, 0.29) is 11.5 Å². The van der Waals surface area contributed by atoms with E-state index in [2.05, 4.69) is 41.1 Å². The Hall–Kier alpha value is -1.40. The van der Waals surface area contributed by atoms with Gasteiger partial charge in [-0.05, 0) is 6.42 Å². The molecule has 1 aromatic heterocycles. The highest BCUT2D eigenvalue weighted by atomic mass is 16.5. The highest BCUT2D eigenvalue weighted by Gasteiger charge is 2.26. The lowest BCUT2D eigenvalue weighted by atomic mass is 9.96. The Balaban J connectivity index is 2.30. The van der Waals surface area contributed by atoms with E-state index >= 15 is 0 Å². The van der Waals surface area contributed by atoms with Crippen molar-refractivity contribution in [2.24, 2.45) is 5.84 Å². The second-order valence-corrected chi connectivity index (χ2v) is 5.92. The van der Waals surface area contributed by atoms with Crippen LogP contribution in [0.15, 0.2) is 6.07 Å². The number of nitrogens with zero attached hydrogens (tertiary/aromatic N) is 3. The molecule has 0 radical (unpaired) electrons. The van der Waals surface area contributed by atoms with Gasteiger partial charge in [0.15, 0.2) is 0 Å². The lowest BCUT2D eigenvalue weighted by Gasteiger charge is -2.22. The van der Waals surface area contributed by atoms with Crippen molar-refractivity contribution < 1.29 is 4.74 Å². The number of aromatic nitrogens is 2. The summed E-state index contributed by atoms with van der Waals surface area (Å²) in [5.74, 6) is 7.85. The van der Waals surface area contributed by atoms with Crippen molar-refractivity contribution in [2.75, 3.05) is 30.5 Å². The van der Waals surface area contributed by atoms with Crippen LogP contribution in [0.3, 0.4) is 0 Å². The van der Waals surface area contributed by atoms with E-state index in [1.807, 2.05) is 6.07 Å². The third-order valence-corrected chi connectivity index (χ3v) is 3.33. The standard InChI is InChI=1S/C13H23N5O/c1-13(2,3)12-15-10(17-14)7-11(16-12)18-6-5-9(8-18)19-4/h7,9H,5-6,8,14H2,1-4H3,(H,15,16,17). The van der Waals surface area contributed by atoms with Gasteiger partial charge in [-0.3, -0.25) is 0 Å². The summed E-state index contributed by atoms with van der Waals surface area (Å²) in [6.45, 7) is 8.08. The van der Waals surface area contributed by atoms with Gasteiger partial charge in [-0.15, -0.1) is 0 Å². The fourth-order valence-electron chi connectivity index (χ4n) is 2.13. The average molecular weight is 265 g/mol. The molecule has 1 aliphatic heterocycles. The maximum absolute atomic E-state index is 5.50. The van der Waals surface area contributed by atoms with Gasteiger partial charge in [0.05, 0.1) is 6.10 Å². The first-order chi connectivity index (χ1) is 8.94. The van der Waals surface area contributed by atoms with Crippen molar-refractivity contribution in [1.82, 2.24) is 9.97 Å². The summed E-state index contributed by atoms with van der Waals surface area (Å²) in [5, 5.41) is 0. The predicted molar refractivity (Wildman–Crippen MR) is 76.2 cm³/mol. The van der Waals surface area contributed by atoms with E-state index in [4.69, 9.17) is 10.6 Å². The second-order valence-electron chi connectivity index (χ2n) is 5.92. The third kappa shape index (κ3) is 3.13. The monoisotopic (exact) mass is 265 g/mol. The first kappa shape index (κ1) is 14.0. The number of ether oxygens (including phenoxy) is 1. The summed E-state index contributed by atoms with van der Waals surface area (Å²) in [6.07, 6.45) is 1.30.